The van der Waals surface area contributed by atoms with E-state index in [0.717, 1.165) is 101 Å². The molecule has 7 unspecified atom stereocenters. The number of esters is 3. The zero-order valence-electron chi connectivity index (χ0n) is 60.5. The van der Waals surface area contributed by atoms with Gasteiger partial charge in [0.2, 0.25) is 4.69 Å². The summed E-state index contributed by atoms with van der Waals surface area (Å²) < 4.78 is 61.7. The summed E-state index contributed by atoms with van der Waals surface area (Å²) in [5.41, 5.74) is 0.103. The van der Waals surface area contributed by atoms with Crippen LogP contribution in [0.1, 0.15) is 125 Å². The summed E-state index contributed by atoms with van der Waals surface area (Å²) in [6.45, 7) is 31.2. The molecule has 31 heteroatoms. The number of ether oxygens (including phenoxy) is 5. The van der Waals surface area contributed by atoms with Gasteiger partial charge >= 0.3 is 26.5 Å². The Bertz CT molecular complexity index is 1930. The summed E-state index contributed by atoms with van der Waals surface area (Å²) in [4.78, 5) is 66.3. The number of benzene rings is 1. The van der Waals surface area contributed by atoms with Crippen molar-refractivity contribution in [2.75, 3.05) is 116 Å². The van der Waals surface area contributed by atoms with Crippen LogP contribution in [0.3, 0.4) is 0 Å². The summed E-state index contributed by atoms with van der Waals surface area (Å²) in [7, 11) is -2.18. The lowest BCUT2D eigenvalue weighted by Gasteiger charge is -2.38. The molecule has 1 aromatic carbocycles. The third kappa shape index (κ3) is 69.8. The molecule has 0 aliphatic carbocycles. The standard InChI is InChI=1S/C26H41ClO8Si.C14H29BrO4Si.C11H26O3Si.C3H4Br2O.2C2H6S.CH4BrPS.CH5OPS/c1-24(2,21(29)35-36(7,8)33-6)18-25(3,22(30)34-15-14-28)16-20(19-12-10-9-11-13-19)17-26(4,27)23(31)32-5;1-5-6-9-19-20(3,4)12-7-8-17-10-11-18-14(16)13(2)15;1-4-5-9-14-15(2,3)11-6-8-13-10-7-12;1-2(4)3(5)6;2*1-3-2;2*2-3-1-4/h9-13,20,28H,14-18H2,1-8H3;13H,5-12H2,1-4H3;12H,4-11H2,1-3H3;2H,1H3;2*1-2H3;3-4H,1H2;2-4H,1H2/i/hD2. The van der Waals surface area contributed by atoms with E-state index in [1.165, 1.54) is 27.1 Å². The average Bonchev–Trinajstić information content (AvgIpc) is 0.812. The Morgan fingerprint density at radius 1 is 0.681 bits per heavy atom. The lowest BCUT2D eigenvalue weighted by molar-refractivity contribution is -0.162. The molecule has 0 saturated heterocycles. The fourth-order valence-electron chi connectivity index (χ4n) is 7.24. The van der Waals surface area contributed by atoms with E-state index in [9.17, 15) is 29.1 Å². The summed E-state index contributed by atoms with van der Waals surface area (Å²) in [5, 5.41) is 17.8. The third-order valence-electron chi connectivity index (χ3n) is 11.8. The lowest BCUT2D eigenvalue weighted by Crippen LogP contribution is -2.45. The second-order valence-electron chi connectivity index (χ2n) is 22.9. The Morgan fingerprint density at radius 3 is 1.49 bits per heavy atom. The first-order chi connectivity index (χ1) is 43.3. The number of alkyl halides is 3. The number of unbranched alkanes of at least 4 members (excludes halogenated alkanes) is 2. The Kier molecular flexibility index (Phi) is 75.0. The van der Waals surface area contributed by atoms with Gasteiger partial charge in [0, 0.05) is 53.3 Å². The number of thiol groups is 2. The van der Waals surface area contributed by atoms with Crippen molar-refractivity contribution in [1.82, 2.24) is 0 Å². The normalized spacial score (nSPS) is 13.8. The quantitative estimate of drug-likeness (QED) is 0.00600. The molecule has 0 aliphatic heterocycles. The van der Waals surface area contributed by atoms with Gasteiger partial charge in [-0.25, -0.2) is 0 Å². The van der Waals surface area contributed by atoms with Crippen LogP contribution in [0.25, 0.3) is 0 Å². The van der Waals surface area contributed by atoms with Crippen LogP contribution in [0.15, 0.2) is 30.3 Å². The van der Waals surface area contributed by atoms with Crippen molar-refractivity contribution in [3.63, 3.8) is 0 Å². The monoisotopic (exact) mass is 1740 g/mol. The number of hydrogen-bond acceptors (Lipinski definition) is 21. The molecule has 0 aromatic heterocycles. The van der Waals surface area contributed by atoms with Crippen LogP contribution in [-0.4, -0.2) is 202 Å². The number of aliphatic hydroxyl groups excluding tert-OH is 2. The highest BCUT2D eigenvalue weighted by molar-refractivity contribution is 9.37. The molecule has 0 spiro atoms. The Hall–Kier alpha value is 1.57. The molecule has 0 saturated carbocycles. The SMILES string of the molecule is CC(Br)C(=O)Br.CCCCO[Si](C)(C)CCCOCCO.CCCCO[Si](C)(C)CCCOCCOC(=O)C(C)Br.COC(=O)C(C)(Cl)CC(CC(C)(CC(C)(C)C(=O)O[Si](C)(C)OC)C(=O)OCCO)c1ccccc1.CSC.CSC.[2H]SCPBr.[2H]SCPO. The van der Waals surface area contributed by atoms with Crippen molar-refractivity contribution < 1.29 is 80.5 Å². The van der Waals surface area contributed by atoms with E-state index in [1.54, 1.807) is 78.2 Å². The molecule has 0 fully saturated rings. The number of halogens is 5. The van der Waals surface area contributed by atoms with Gasteiger partial charge < -0.3 is 56.5 Å². The molecule has 1 aromatic rings. The van der Waals surface area contributed by atoms with Crippen LogP contribution >= 0.6 is 140 Å². The lowest BCUT2D eigenvalue weighted by atomic mass is 9.67. The number of thioether (sulfide) groups is 2. The third-order valence-corrected chi connectivity index (χ3v) is 24.0. The van der Waals surface area contributed by atoms with Gasteiger partial charge in [0.05, 0.1) is 49.2 Å². The molecular weight excluding hydrogens is 1620 g/mol. The molecule has 91 heavy (non-hydrogen) atoms. The first-order valence-corrected chi connectivity index (χ1v) is 51.2. The molecule has 0 aliphatic rings. The fraction of sp³-hybridized carbons (Fsp3) is 0.817. The maximum atomic E-state index is 13.4. The summed E-state index contributed by atoms with van der Waals surface area (Å²) in [6, 6.07) is 11.7. The van der Waals surface area contributed by atoms with E-state index >= 15 is 0 Å². The number of rotatable bonds is 41. The van der Waals surface area contributed by atoms with Gasteiger partial charge in [-0.15, -0.1) is 11.6 Å². The highest BCUT2D eigenvalue weighted by Crippen LogP contribution is 2.46. The van der Waals surface area contributed by atoms with Crippen LogP contribution in [0, 0.1) is 10.8 Å². The Labute approximate surface area is 618 Å². The highest BCUT2D eigenvalue weighted by atomic mass is 79.9. The molecule has 1 rings (SSSR count). The van der Waals surface area contributed by atoms with Gasteiger partial charge in [-0.3, -0.25) is 24.0 Å². The van der Waals surface area contributed by atoms with Gasteiger partial charge in [0.15, 0.2) is 16.6 Å². The molecule has 0 radical (unpaired) electrons. The predicted molar refractivity (Wildman–Crippen MR) is 420 cm³/mol. The molecule has 0 bridgehead atoms. The maximum Gasteiger partial charge on any atom is 0.394 e. The van der Waals surface area contributed by atoms with Crippen LogP contribution < -0.4 is 0 Å². The van der Waals surface area contributed by atoms with E-state index in [0.29, 0.717) is 31.9 Å². The Morgan fingerprint density at radius 2 is 1.14 bits per heavy atom. The van der Waals surface area contributed by atoms with Gasteiger partial charge in [-0.2, -0.15) is 48.6 Å². The fourth-order valence-corrected chi connectivity index (χ4v) is 12.1. The molecule has 544 valence electrons. The van der Waals surface area contributed by atoms with Crippen molar-refractivity contribution in [2.45, 2.75) is 185 Å². The first-order valence-electron chi connectivity index (χ1n) is 30.9. The molecule has 3 N–H and O–H groups in total. The van der Waals surface area contributed by atoms with E-state index in [2.05, 4.69) is 103 Å². The van der Waals surface area contributed by atoms with Crippen molar-refractivity contribution >= 4 is 193 Å². The predicted octanol–water partition coefficient (Wildman–Crippen LogP) is 16.7. The van der Waals surface area contributed by atoms with E-state index in [1.807, 2.05) is 55.4 Å². The number of methoxy groups -OCH3 is 1. The summed E-state index contributed by atoms with van der Waals surface area (Å²) in [5.74, 6) is -2.21. The molecule has 0 heterocycles. The number of carbonyl (C=O) groups excluding carboxylic acids is 5. The molecule has 17 nitrogen and oxygen atoms in total. The zero-order valence-corrected chi connectivity index (χ0v) is 73.8. The maximum absolute atomic E-state index is 13.4. The van der Waals surface area contributed by atoms with Gasteiger partial charge in [-0.1, -0.05) is 104 Å². The van der Waals surface area contributed by atoms with E-state index < -0.39 is 58.8 Å². The van der Waals surface area contributed by atoms with Gasteiger partial charge in [-0.05, 0) is 198 Å². The van der Waals surface area contributed by atoms with Crippen molar-refractivity contribution in [3.8, 4) is 0 Å². The second kappa shape index (κ2) is 67.4. The van der Waals surface area contributed by atoms with E-state index in [-0.39, 0.29) is 74.1 Å². The van der Waals surface area contributed by atoms with Crippen LogP contribution in [0.4, 0.5) is 0 Å². The van der Waals surface area contributed by atoms with E-state index in [4.69, 9.17) is 65.2 Å². The molecule has 7 atom stereocenters. The zero-order chi connectivity index (χ0) is 73.6. The number of carbonyl (C=O) groups is 5. The second-order valence-corrected chi connectivity index (χ2v) is 45.5. The largest absolute Gasteiger partial charge is 0.494 e. The average molecular weight is 1750 g/mol. The smallest absolute Gasteiger partial charge is 0.394 e. The minimum absolute atomic E-state index is 0.0116. The highest BCUT2D eigenvalue weighted by Gasteiger charge is 2.48. The van der Waals surface area contributed by atoms with Crippen molar-refractivity contribution in [1.29, 1.82) is 2.25 Å². The number of hydrogen-bond donors (Lipinski definition) is 5. The molecule has 0 amide bonds. The first kappa shape index (κ1) is 101. The summed E-state index contributed by atoms with van der Waals surface area (Å²) in [6.07, 6.45) is 15.4. The van der Waals surface area contributed by atoms with Gasteiger partial charge in [0.25, 0.3) is 5.97 Å². The van der Waals surface area contributed by atoms with Gasteiger partial charge in [0.1, 0.15) is 25.2 Å². The van der Waals surface area contributed by atoms with Crippen molar-refractivity contribution in [3.05, 3.63) is 35.9 Å². The minimum atomic E-state index is -2.67. The summed E-state index contributed by atoms with van der Waals surface area (Å²) >= 11 is 24.3. The Balaban J connectivity index is -0.000000217. The van der Waals surface area contributed by atoms with Crippen LogP contribution in [0.2, 0.25) is 51.4 Å². The molecular formula is C60H121Br4ClO17P2S4Si3. The van der Waals surface area contributed by atoms with Crippen LogP contribution in [-0.2, 0) is 65.4 Å². The topological polar surface area (TPSA) is 229 Å². The van der Waals surface area contributed by atoms with Crippen LogP contribution in [0.5, 0.6) is 0 Å². The van der Waals surface area contributed by atoms with Crippen molar-refractivity contribution in [2.24, 2.45) is 10.8 Å². The minimum Gasteiger partial charge on any atom is -0.494 e. The number of aliphatic hydroxyl groups is 2.